The van der Waals surface area contributed by atoms with Crippen molar-refractivity contribution in [3.63, 3.8) is 0 Å². The lowest BCUT2D eigenvalue weighted by atomic mass is 10.0. The molecular formula is C19H26N2. The summed E-state index contributed by atoms with van der Waals surface area (Å²) in [4.78, 5) is 2.38. The first-order valence-electron chi connectivity index (χ1n) is 7.69. The molecule has 2 heteroatoms. The summed E-state index contributed by atoms with van der Waals surface area (Å²) in [6, 6.07) is 19.6. The Hall–Kier alpha value is -1.64. The smallest absolute Gasteiger partial charge is 0.0236 e. The molecule has 2 rings (SSSR count). The molecule has 2 N–H and O–H groups in total. The van der Waals surface area contributed by atoms with Crippen LogP contribution >= 0.6 is 0 Å². The Morgan fingerprint density at radius 1 is 1.00 bits per heavy atom. The first kappa shape index (κ1) is 15.7. The van der Waals surface area contributed by atoms with Gasteiger partial charge in [0.2, 0.25) is 0 Å². The van der Waals surface area contributed by atoms with Gasteiger partial charge >= 0.3 is 0 Å². The fourth-order valence-corrected chi connectivity index (χ4v) is 2.68. The van der Waals surface area contributed by atoms with Crippen molar-refractivity contribution in [2.45, 2.75) is 32.4 Å². The van der Waals surface area contributed by atoms with Gasteiger partial charge in [0.1, 0.15) is 0 Å². The molecule has 0 heterocycles. The zero-order valence-electron chi connectivity index (χ0n) is 13.1. The Morgan fingerprint density at radius 3 is 2.33 bits per heavy atom. The minimum Gasteiger partial charge on any atom is -0.329 e. The molecule has 0 spiro atoms. The maximum atomic E-state index is 5.99. The largest absolute Gasteiger partial charge is 0.329 e. The summed E-state index contributed by atoms with van der Waals surface area (Å²) < 4.78 is 0. The summed E-state index contributed by atoms with van der Waals surface area (Å²) in [5, 5.41) is 0. The number of hydrogen-bond donors (Lipinski definition) is 1. The van der Waals surface area contributed by atoms with Crippen LogP contribution in [0.3, 0.4) is 0 Å². The molecular weight excluding hydrogens is 256 g/mol. The molecule has 0 fully saturated rings. The Bertz CT molecular complexity index is 536. The number of likely N-dealkylation sites (N-methyl/N-ethyl adjacent to an activating group) is 1. The number of nitrogens with zero attached hydrogens (tertiary/aromatic N) is 1. The lowest BCUT2D eigenvalue weighted by molar-refractivity contribution is 0.227. The van der Waals surface area contributed by atoms with Crippen LogP contribution in [0.15, 0.2) is 54.6 Å². The maximum absolute atomic E-state index is 5.99. The van der Waals surface area contributed by atoms with Crippen LogP contribution in [-0.4, -0.2) is 24.5 Å². The van der Waals surface area contributed by atoms with Gasteiger partial charge in [0.05, 0.1) is 0 Å². The molecule has 0 aromatic heterocycles. The summed E-state index contributed by atoms with van der Waals surface area (Å²) in [6.07, 6.45) is 2.18. The van der Waals surface area contributed by atoms with Gasteiger partial charge in [-0.05, 0) is 43.5 Å². The zero-order valence-corrected chi connectivity index (χ0v) is 13.1. The lowest BCUT2D eigenvalue weighted by Crippen LogP contribution is -2.38. The van der Waals surface area contributed by atoms with Crippen LogP contribution in [0.1, 0.15) is 23.1 Å². The second kappa shape index (κ2) is 7.96. The third-order valence-electron chi connectivity index (χ3n) is 4.19. The number of nitrogens with two attached hydrogens (primary N) is 1. The minimum atomic E-state index is 0.421. The molecule has 2 aromatic carbocycles. The summed E-state index contributed by atoms with van der Waals surface area (Å²) in [5.41, 5.74) is 10.1. The van der Waals surface area contributed by atoms with E-state index in [9.17, 15) is 0 Å². The van der Waals surface area contributed by atoms with E-state index < -0.39 is 0 Å². The van der Waals surface area contributed by atoms with Crippen molar-refractivity contribution in [2.75, 3.05) is 13.6 Å². The summed E-state index contributed by atoms with van der Waals surface area (Å²) in [6.45, 7) is 3.84. The molecule has 0 radical (unpaired) electrons. The lowest BCUT2D eigenvalue weighted by Gasteiger charge is -2.27. The number of benzene rings is 2. The highest BCUT2D eigenvalue weighted by molar-refractivity contribution is 5.25. The molecule has 0 saturated carbocycles. The molecule has 21 heavy (non-hydrogen) atoms. The van der Waals surface area contributed by atoms with Gasteiger partial charge in [-0.25, -0.2) is 0 Å². The number of rotatable bonds is 7. The van der Waals surface area contributed by atoms with E-state index in [4.69, 9.17) is 5.73 Å². The fraction of sp³-hybridized carbons (Fsp3) is 0.368. The molecule has 0 bridgehead atoms. The third kappa shape index (κ3) is 4.69. The van der Waals surface area contributed by atoms with E-state index in [1.54, 1.807) is 0 Å². The summed E-state index contributed by atoms with van der Waals surface area (Å²) in [7, 11) is 2.18. The van der Waals surface area contributed by atoms with Crippen LogP contribution in [0.2, 0.25) is 0 Å². The van der Waals surface area contributed by atoms with Gasteiger partial charge in [-0.3, -0.25) is 4.90 Å². The SMILES string of the molecule is Cc1ccccc1CN(C)C(CN)CCc1ccccc1. The summed E-state index contributed by atoms with van der Waals surface area (Å²) >= 11 is 0. The van der Waals surface area contributed by atoms with Crippen LogP contribution in [0.4, 0.5) is 0 Å². The van der Waals surface area contributed by atoms with Gasteiger partial charge in [-0.15, -0.1) is 0 Å². The first-order chi connectivity index (χ1) is 10.2. The predicted octanol–water partition coefficient (Wildman–Crippen LogP) is 3.39. The Kier molecular flexibility index (Phi) is 5.97. The van der Waals surface area contributed by atoms with Crippen LogP contribution < -0.4 is 5.73 Å². The Labute approximate surface area is 128 Å². The number of hydrogen-bond acceptors (Lipinski definition) is 2. The standard InChI is InChI=1S/C19H26N2/c1-16-8-6-7-11-18(16)15-21(2)19(14-20)13-12-17-9-4-3-5-10-17/h3-11,19H,12-15,20H2,1-2H3. The van der Waals surface area contributed by atoms with Crippen LogP contribution in [-0.2, 0) is 13.0 Å². The quantitative estimate of drug-likeness (QED) is 0.843. The summed E-state index contributed by atoms with van der Waals surface area (Å²) in [5.74, 6) is 0. The Balaban J connectivity index is 1.92. The van der Waals surface area contributed by atoms with E-state index in [0.29, 0.717) is 12.6 Å². The molecule has 2 nitrogen and oxygen atoms in total. The highest BCUT2D eigenvalue weighted by Gasteiger charge is 2.14. The van der Waals surface area contributed by atoms with E-state index in [0.717, 1.165) is 19.4 Å². The van der Waals surface area contributed by atoms with Gasteiger partial charge < -0.3 is 5.73 Å². The second-order valence-electron chi connectivity index (χ2n) is 5.76. The molecule has 0 aliphatic carbocycles. The van der Waals surface area contributed by atoms with E-state index >= 15 is 0 Å². The monoisotopic (exact) mass is 282 g/mol. The first-order valence-corrected chi connectivity index (χ1v) is 7.69. The second-order valence-corrected chi connectivity index (χ2v) is 5.76. The van der Waals surface area contributed by atoms with Crippen molar-refractivity contribution in [1.82, 2.24) is 4.90 Å². The third-order valence-corrected chi connectivity index (χ3v) is 4.19. The van der Waals surface area contributed by atoms with Crippen molar-refractivity contribution < 1.29 is 0 Å². The van der Waals surface area contributed by atoms with Crippen LogP contribution in [0.5, 0.6) is 0 Å². The van der Waals surface area contributed by atoms with Gasteiger partial charge in [0.25, 0.3) is 0 Å². The van der Waals surface area contributed by atoms with E-state index in [1.165, 1.54) is 16.7 Å². The van der Waals surface area contributed by atoms with Gasteiger partial charge in [0.15, 0.2) is 0 Å². The van der Waals surface area contributed by atoms with Crippen molar-refractivity contribution >= 4 is 0 Å². The normalized spacial score (nSPS) is 12.6. The molecule has 1 unspecified atom stereocenters. The topological polar surface area (TPSA) is 29.3 Å². The molecule has 1 atom stereocenters. The van der Waals surface area contributed by atoms with Crippen molar-refractivity contribution in [3.05, 3.63) is 71.3 Å². The Morgan fingerprint density at radius 2 is 1.67 bits per heavy atom. The highest BCUT2D eigenvalue weighted by atomic mass is 15.1. The van der Waals surface area contributed by atoms with Gasteiger partial charge in [0, 0.05) is 19.1 Å². The maximum Gasteiger partial charge on any atom is 0.0236 e. The average molecular weight is 282 g/mol. The van der Waals surface area contributed by atoms with Crippen molar-refractivity contribution in [2.24, 2.45) is 5.73 Å². The van der Waals surface area contributed by atoms with Crippen molar-refractivity contribution in [3.8, 4) is 0 Å². The van der Waals surface area contributed by atoms with E-state index in [-0.39, 0.29) is 0 Å². The molecule has 0 saturated heterocycles. The fourth-order valence-electron chi connectivity index (χ4n) is 2.68. The molecule has 0 aliphatic heterocycles. The minimum absolute atomic E-state index is 0.421. The van der Waals surface area contributed by atoms with Crippen LogP contribution in [0, 0.1) is 6.92 Å². The van der Waals surface area contributed by atoms with Crippen molar-refractivity contribution in [1.29, 1.82) is 0 Å². The zero-order chi connectivity index (χ0) is 15.1. The van der Waals surface area contributed by atoms with E-state index in [2.05, 4.69) is 73.5 Å². The number of aryl methyl sites for hydroxylation is 2. The predicted molar refractivity (Wildman–Crippen MR) is 90.3 cm³/mol. The molecule has 0 amide bonds. The molecule has 2 aromatic rings. The van der Waals surface area contributed by atoms with E-state index in [1.807, 2.05) is 0 Å². The average Bonchev–Trinajstić information content (AvgIpc) is 2.51. The van der Waals surface area contributed by atoms with Gasteiger partial charge in [-0.2, -0.15) is 0 Å². The highest BCUT2D eigenvalue weighted by Crippen LogP contribution is 2.14. The molecule has 0 aliphatic rings. The van der Waals surface area contributed by atoms with Crippen LogP contribution in [0.25, 0.3) is 0 Å². The van der Waals surface area contributed by atoms with Gasteiger partial charge in [-0.1, -0.05) is 54.6 Å². The molecule has 112 valence electrons.